The van der Waals surface area contributed by atoms with Gasteiger partial charge in [-0.05, 0) is 70.9 Å². The van der Waals surface area contributed by atoms with Crippen molar-refractivity contribution in [3.63, 3.8) is 0 Å². The van der Waals surface area contributed by atoms with Crippen LogP contribution in [0.4, 0.5) is 4.39 Å². The van der Waals surface area contributed by atoms with Gasteiger partial charge in [-0.25, -0.2) is 9.07 Å². The van der Waals surface area contributed by atoms with Crippen LogP contribution in [0.25, 0.3) is 16.8 Å². The van der Waals surface area contributed by atoms with Crippen molar-refractivity contribution in [1.82, 2.24) is 30.5 Å². The number of rotatable bonds is 5. The SMILES string of the molecule is CC(NC(=O)c1cc(-c2ccc(F)cc2Cl)cc(-n2cnnn2)c1)c1cccnc1. The van der Waals surface area contributed by atoms with E-state index in [0.29, 0.717) is 22.4 Å². The number of tetrazole rings is 1. The van der Waals surface area contributed by atoms with Crippen molar-refractivity contribution in [2.75, 3.05) is 0 Å². The van der Waals surface area contributed by atoms with Gasteiger partial charge in [0.1, 0.15) is 12.1 Å². The molecule has 0 saturated heterocycles. The van der Waals surface area contributed by atoms with Gasteiger partial charge < -0.3 is 5.32 Å². The van der Waals surface area contributed by atoms with Crippen molar-refractivity contribution in [2.24, 2.45) is 0 Å². The van der Waals surface area contributed by atoms with Crippen molar-refractivity contribution in [2.45, 2.75) is 13.0 Å². The van der Waals surface area contributed by atoms with Gasteiger partial charge in [0.15, 0.2) is 0 Å². The van der Waals surface area contributed by atoms with Gasteiger partial charge in [-0.1, -0.05) is 17.7 Å². The number of halogens is 2. The van der Waals surface area contributed by atoms with Crippen molar-refractivity contribution >= 4 is 17.5 Å². The molecule has 1 N–H and O–H groups in total. The second-order valence-electron chi connectivity index (χ2n) is 6.63. The zero-order valence-corrected chi connectivity index (χ0v) is 16.6. The van der Waals surface area contributed by atoms with Crippen molar-refractivity contribution < 1.29 is 9.18 Å². The Morgan fingerprint density at radius 3 is 2.77 bits per heavy atom. The molecular weight excluding hydrogens is 407 g/mol. The van der Waals surface area contributed by atoms with Crippen LogP contribution in [0.3, 0.4) is 0 Å². The number of amides is 1. The zero-order chi connectivity index (χ0) is 21.1. The van der Waals surface area contributed by atoms with Gasteiger partial charge in [0.25, 0.3) is 5.91 Å². The summed E-state index contributed by atoms with van der Waals surface area (Å²) in [4.78, 5) is 17.1. The molecule has 0 bridgehead atoms. The summed E-state index contributed by atoms with van der Waals surface area (Å²) in [7, 11) is 0. The summed E-state index contributed by atoms with van der Waals surface area (Å²) in [6.45, 7) is 1.87. The highest BCUT2D eigenvalue weighted by molar-refractivity contribution is 6.33. The fourth-order valence-electron chi connectivity index (χ4n) is 3.03. The number of hydrogen-bond acceptors (Lipinski definition) is 5. The van der Waals surface area contributed by atoms with Gasteiger partial charge in [0.2, 0.25) is 0 Å². The first-order valence-electron chi connectivity index (χ1n) is 9.06. The molecule has 0 radical (unpaired) electrons. The molecule has 0 saturated carbocycles. The minimum absolute atomic E-state index is 0.235. The van der Waals surface area contributed by atoms with Crippen molar-refractivity contribution in [3.8, 4) is 16.8 Å². The van der Waals surface area contributed by atoms with E-state index in [4.69, 9.17) is 11.6 Å². The topological polar surface area (TPSA) is 85.6 Å². The first kappa shape index (κ1) is 19.7. The smallest absolute Gasteiger partial charge is 0.251 e. The average Bonchev–Trinajstić information content (AvgIpc) is 3.29. The molecule has 1 atom stereocenters. The van der Waals surface area contributed by atoms with Crippen LogP contribution in [0.1, 0.15) is 28.9 Å². The number of aromatic nitrogens is 5. The fourth-order valence-corrected chi connectivity index (χ4v) is 3.30. The molecular formula is C21H16ClFN6O. The fraction of sp³-hybridized carbons (Fsp3) is 0.0952. The second-order valence-corrected chi connectivity index (χ2v) is 7.04. The van der Waals surface area contributed by atoms with Gasteiger partial charge in [-0.15, -0.1) is 5.10 Å². The summed E-state index contributed by atoms with van der Waals surface area (Å²) < 4.78 is 14.9. The normalized spacial score (nSPS) is 11.8. The van der Waals surface area contributed by atoms with Gasteiger partial charge in [0, 0.05) is 23.5 Å². The predicted molar refractivity (Wildman–Crippen MR) is 110 cm³/mol. The monoisotopic (exact) mass is 422 g/mol. The minimum atomic E-state index is -0.441. The number of nitrogens with one attached hydrogen (secondary N) is 1. The number of hydrogen-bond donors (Lipinski definition) is 1. The highest BCUT2D eigenvalue weighted by atomic mass is 35.5. The molecule has 2 aromatic carbocycles. The standard InChI is InChI=1S/C21H16ClFN6O/c1-13(14-3-2-6-24-11-14)26-21(30)16-7-15(19-5-4-17(23)10-20(19)22)8-18(9-16)29-12-25-27-28-29/h2-13H,1H3,(H,26,30). The Morgan fingerprint density at radius 2 is 2.07 bits per heavy atom. The molecule has 1 amide bonds. The minimum Gasteiger partial charge on any atom is -0.345 e. The lowest BCUT2D eigenvalue weighted by molar-refractivity contribution is 0.0940. The van der Waals surface area contributed by atoms with E-state index in [2.05, 4.69) is 25.8 Å². The van der Waals surface area contributed by atoms with Crippen LogP contribution in [0.5, 0.6) is 0 Å². The van der Waals surface area contributed by atoms with Crippen LogP contribution in [0.15, 0.2) is 67.3 Å². The van der Waals surface area contributed by atoms with Crippen LogP contribution >= 0.6 is 11.6 Å². The Bertz CT molecular complexity index is 1180. The molecule has 7 nitrogen and oxygen atoms in total. The Morgan fingerprint density at radius 1 is 1.20 bits per heavy atom. The highest BCUT2D eigenvalue weighted by Gasteiger charge is 2.16. The molecule has 0 aliphatic heterocycles. The lowest BCUT2D eigenvalue weighted by Gasteiger charge is -2.15. The van der Waals surface area contributed by atoms with Gasteiger partial charge in [0.05, 0.1) is 16.8 Å². The third kappa shape index (κ3) is 4.18. The molecule has 0 aliphatic carbocycles. The van der Waals surface area contributed by atoms with E-state index in [1.807, 2.05) is 19.1 Å². The van der Waals surface area contributed by atoms with E-state index in [0.717, 1.165) is 5.56 Å². The molecule has 150 valence electrons. The maximum atomic E-state index is 13.5. The molecule has 9 heteroatoms. The van der Waals surface area contributed by atoms with Gasteiger partial charge >= 0.3 is 0 Å². The lowest BCUT2D eigenvalue weighted by Crippen LogP contribution is -2.26. The number of pyridine rings is 1. The number of carbonyl (C=O) groups excluding carboxylic acids is 1. The first-order chi connectivity index (χ1) is 14.5. The number of carbonyl (C=O) groups is 1. The number of benzene rings is 2. The molecule has 0 fully saturated rings. The maximum absolute atomic E-state index is 13.5. The van der Waals surface area contributed by atoms with Crippen molar-refractivity contribution in [3.05, 3.63) is 89.2 Å². The third-order valence-corrected chi connectivity index (χ3v) is 4.88. The van der Waals surface area contributed by atoms with E-state index in [9.17, 15) is 9.18 Å². The van der Waals surface area contributed by atoms with Crippen LogP contribution in [-0.4, -0.2) is 31.1 Å². The third-order valence-electron chi connectivity index (χ3n) is 4.57. The van der Waals surface area contributed by atoms with E-state index in [1.54, 1.807) is 36.7 Å². The van der Waals surface area contributed by atoms with Crippen LogP contribution in [0, 0.1) is 5.82 Å². The van der Waals surface area contributed by atoms with E-state index in [1.165, 1.54) is 23.1 Å². The van der Waals surface area contributed by atoms with Crippen LogP contribution in [-0.2, 0) is 0 Å². The average molecular weight is 423 g/mol. The molecule has 30 heavy (non-hydrogen) atoms. The summed E-state index contributed by atoms with van der Waals surface area (Å²) in [5.74, 6) is -0.732. The van der Waals surface area contributed by atoms with E-state index < -0.39 is 5.82 Å². The largest absolute Gasteiger partial charge is 0.345 e. The zero-order valence-electron chi connectivity index (χ0n) is 15.8. The summed E-state index contributed by atoms with van der Waals surface area (Å²) in [6, 6.07) is 12.7. The Hall–Kier alpha value is -3.65. The Kier molecular flexibility index (Phi) is 5.49. The van der Waals surface area contributed by atoms with E-state index in [-0.39, 0.29) is 17.0 Å². The number of nitrogens with zero attached hydrogens (tertiary/aromatic N) is 5. The molecule has 0 spiro atoms. The quantitative estimate of drug-likeness (QED) is 0.525. The molecule has 2 heterocycles. The Balaban J connectivity index is 1.73. The predicted octanol–water partition coefficient (Wildman–Crippen LogP) is 4.01. The first-order valence-corrected chi connectivity index (χ1v) is 9.44. The second kappa shape index (κ2) is 8.38. The maximum Gasteiger partial charge on any atom is 0.251 e. The summed E-state index contributed by atoms with van der Waals surface area (Å²) in [6.07, 6.45) is 4.80. The molecule has 4 rings (SSSR count). The van der Waals surface area contributed by atoms with E-state index >= 15 is 0 Å². The summed E-state index contributed by atoms with van der Waals surface area (Å²) in [5, 5.41) is 14.4. The summed E-state index contributed by atoms with van der Waals surface area (Å²) in [5.41, 5.74) is 3.05. The Labute approximate surface area is 176 Å². The van der Waals surface area contributed by atoms with Gasteiger partial charge in [-0.3, -0.25) is 9.78 Å². The summed E-state index contributed by atoms with van der Waals surface area (Å²) >= 11 is 6.24. The molecule has 0 aliphatic rings. The molecule has 1 unspecified atom stereocenters. The highest BCUT2D eigenvalue weighted by Crippen LogP contribution is 2.31. The van der Waals surface area contributed by atoms with Gasteiger partial charge in [-0.2, -0.15) is 0 Å². The molecule has 4 aromatic rings. The lowest BCUT2D eigenvalue weighted by atomic mass is 10.0. The van der Waals surface area contributed by atoms with Crippen LogP contribution < -0.4 is 5.32 Å². The van der Waals surface area contributed by atoms with Crippen molar-refractivity contribution in [1.29, 1.82) is 0 Å². The van der Waals surface area contributed by atoms with Crippen LogP contribution in [0.2, 0.25) is 5.02 Å². The molecule has 2 aromatic heterocycles.